The highest BCUT2D eigenvalue weighted by Gasteiger charge is 2.26. The molecule has 0 heterocycles. The van der Waals surface area contributed by atoms with Crippen molar-refractivity contribution in [1.82, 2.24) is 0 Å². The highest BCUT2D eigenvalue weighted by atomic mass is 35.7. The molecule has 0 bridgehead atoms. The highest BCUT2D eigenvalue weighted by Crippen LogP contribution is 2.25. The van der Waals surface area contributed by atoms with Gasteiger partial charge >= 0.3 is 0 Å². The van der Waals surface area contributed by atoms with Crippen LogP contribution in [-0.2, 0) is 6.04 Å². The van der Waals surface area contributed by atoms with Gasteiger partial charge in [0.1, 0.15) is 0 Å². The second-order valence-corrected chi connectivity index (χ2v) is 10.4. The fourth-order valence-corrected chi connectivity index (χ4v) is 4.16. The molecule has 0 radical (unpaired) electrons. The molecule has 0 amide bonds. The Morgan fingerprint density at radius 2 is 1.85 bits per heavy atom. The molecule has 70 valence electrons. The maximum atomic E-state index is 6.20. The summed E-state index contributed by atoms with van der Waals surface area (Å²) in [5.74, 6) is 0. The van der Waals surface area contributed by atoms with E-state index in [4.69, 9.17) is 22.2 Å². The summed E-state index contributed by atoms with van der Waals surface area (Å²) in [6.07, 6.45) is 1.80. The van der Waals surface area contributed by atoms with Gasteiger partial charge in [-0.1, -0.05) is 36.4 Å². The molecule has 0 aliphatic heterocycles. The maximum absolute atomic E-state index is 6.20. The van der Waals surface area contributed by atoms with E-state index in [1.165, 1.54) is 5.56 Å². The van der Waals surface area contributed by atoms with E-state index in [9.17, 15) is 0 Å². The summed E-state index contributed by atoms with van der Waals surface area (Å²) in [4.78, 5) is 0. The predicted octanol–water partition coefficient (Wildman–Crippen LogP) is 3.87. The molecule has 1 rings (SSSR count). The van der Waals surface area contributed by atoms with Gasteiger partial charge in [0, 0.05) is 0 Å². The topological polar surface area (TPSA) is 0 Å². The van der Waals surface area contributed by atoms with Crippen molar-refractivity contribution in [2.75, 3.05) is 0 Å². The smallest absolute Gasteiger partial charge is 0.145 e. The Kier molecular flexibility index (Phi) is 4.04. The first-order valence-corrected chi connectivity index (χ1v) is 8.60. The van der Waals surface area contributed by atoms with E-state index in [0.717, 1.165) is 12.1 Å². The first-order chi connectivity index (χ1) is 6.14. The van der Waals surface area contributed by atoms with Gasteiger partial charge in [0.2, 0.25) is 0 Å². The molecule has 13 heavy (non-hydrogen) atoms. The molecule has 3 heteroatoms. The van der Waals surface area contributed by atoms with E-state index < -0.39 is 6.69 Å². The van der Waals surface area contributed by atoms with Gasteiger partial charge in [-0.3, -0.25) is 0 Å². The average molecular weight is 231 g/mol. The fraction of sp³-hybridized carbons (Fsp3) is 0.200. The molecule has 1 aromatic rings. The second-order valence-electron chi connectivity index (χ2n) is 3.01. The molecule has 0 aromatic heterocycles. The minimum atomic E-state index is -2.12. The van der Waals surface area contributed by atoms with E-state index in [0.29, 0.717) is 0 Å². The van der Waals surface area contributed by atoms with Crippen molar-refractivity contribution in [3.05, 3.63) is 48.6 Å². The summed E-state index contributed by atoms with van der Waals surface area (Å²) in [5, 5.41) is 0. The van der Waals surface area contributed by atoms with Crippen LogP contribution in [0.2, 0.25) is 6.04 Å². The molecule has 0 aliphatic carbocycles. The Morgan fingerprint density at radius 1 is 1.23 bits per heavy atom. The molecule has 0 N–H and O–H groups in total. The largest absolute Gasteiger partial charge is 0.259 e. The summed E-state index contributed by atoms with van der Waals surface area (Å²) >= 11 is 12.4. The molecule has 0 saturated carbocycles. The van der Waals surface area contributed by atoms with Crippen molar-refractivity contribution in [2.45, 2.75) is 12.1 Å². The Labute approximate surface area is 89.6 Å². The Balaban J connectivity index is 2.63. The van der Waals surface area contributed by atoms with Crippen LogP contribution in [0.5, 0.6) is 0 Å². The lowest BCUT2D eigenvalue weighted by Crippen LogP contribution is -2.21. The van der Waals surface area contributed by atoms with Gasteiger partial charge in [-0.15, -0.1) is 28.7 Å². The van der Waals surface area contributed by atoms with Crippen molar-refractivity contribution in [1.29, 1.82) is 0 Å². The Morgan fingerprint density at radius 3 is 2.38 bits per heavy atom. The number of allylic oxidation sites excluding steroid dienone is 1. The minimum Gasteiger partial charge on any atom is -0.145 e. The molecule has 0 spiro atoms. The predicted molar refractivity (Wildman–Crippen MR) is 62.6 cm³/mol. The summed E-state index contributed by atoms with van der Waals surface area (Å²) in [5.41, 5.74) is 1.21. The monoisotopic (exact) mass is 230 g/mol. The molecule has 0 aliphatic rings. The standard InChI is InChI=1S/C10H12Cl2Si/c1-2-8-13(11,12)9-10-6-4-3-5-7-10/h2-7H,1,8-9H2. The maximum Gasteiger partial charge on any atom is 0.259 e. The van der Waals surface area contributed by atoms with Crippen LogP contribution in [0.4, 0.5) is 0 Å². The van der Waals surface area contributed by atoms with Crippen molar-refractivity contribution in [3.8, 4) is 0 Å². The van der Waals surface area contributed by atoms with Crippen molar-refractivity contribution >= 4 is 28.9 Å². The van der Waals surface area contributed by atoms with Gasteiger partial charge in [-0.05, 0) is 17.7 Å². The van der Waals surface area contributed by atoms with E-state index in [2.05, 4.69) is 18.7 Å². The number of halogens is 2. The van der Waals surface area contributed by atoms with Crippen molar-refractivity contribution < 1.29 is 0 Å². The minimum absolute atomic E-state index is 0.741. The fourth-order valence-electron chi connectivity index (χ4n) is 1.18. The lowest BCUT2D eigenvalue weighted by Gasteiger charge is -2.13. The van der Waals surface area contributed by atoms with E-state index >= 15 is 0 Å². The third-order valence-electron chi connectivity index (χ3n) is 1.75. The van der Waals surface area contributed by atoms with Crippen LogP contribution in [0, 0.1) is 0 Å². The van der Waals surface area contributed by atoms with Crippen molar-refractivity contribution in [2.24, 2.45) is 0 Å². The summed E-state index contributed by atoms with van der Waals surface area (Å²) < 4.78 is 0. The third-order valence-corrected chi connectivity index (χ3v) is 5.29. The van der Waals surface area contributed by atoms with Crippen LogP contribution in [0.1, 0.15) is 5.56 Å². The van der Waals surface area contributed by atoms with Gasteiger partial charge < -0.3 is 0 Å². The number of hydrogen-bond donors (Lipinski definition) is 0. The summed E-state index contributed by atoms with van der Waals surface area (Å²) in [6, 6.07) is 11.6. The molecule has 0 nitrogen and oxygen atoms in total. The van der Waals surface area contributed by atoms with Crippen LogP contribution < -0.4 is 0 Å². The van der Waals surface area contributed by atoms with Crippen LogP contribution in [0.25, 0.3) is 0 Å². The molecule has 0 fully saturated rings. The third kappa shape index (κ3) is 3.99. The molecule has 0 atom stereocenters. The van der Waals surface area contributed by atoms with E-state index in [-0.39, 0.29) is 0 Å². The van der Waals surface area contributed by atoms with Crippen molar-refractivity contribution in [3.63, 3.8) is 0 Å². The van der Waals surface area contributed by atoms with Gasteiger partial charge in [0.25, 0.3) is 6.69 Å². The van der Waals surface area contributed by atoms with Gasteiger partial charge in [0.05, 0.1) is 0 Å². The zero-order valence-corrected chi connectivity index (χ0v) is 9.85. The van der Waals surface area contributed by atoms with Gasteiger partial charge in [0.15, 0.2) is 0 Å². The lowest BCUT2D eigenvalue weighted by molar-refractivity contribution is 1.35. The lowest BCUT2D eigenvalue weighted by atomic mass is 10.2. The normalized spacial score (nSPS) is 11.2. The quantitative estimate of drug-likeness (QED) is 0.419. The molecular weight excluding hydrogens is 219 g/mol. The SMILES string of the molecule is C=CC[Si](Cl)(Cl)Cc1ccccc1. The van der Waals surface area contributed by atoms with E-state index in [1.54, 1.807) is 6.08 Å². The molecular formula is C10H12Cl2Si. The number of rotatable bonds is 4. The molecule has 0 saturated heterocycles. The Hall–Kier alpha value is -0.243. The average Bonchev–Trinajstić information content (AvgIpc) is 2.04. The molecule has 1 aromatic carbocycles. The first kappa shape index (κ1) is 10.8. The van der Waals surface area contributed by atoms with Gasteiger partial charge in [-0.25, -0.2) is 0 Å². The van der Waals surface area contributed by atoms with E-state index in [1.807, 2.05) is 18.2 Å². The van der Waals surface area contributed by atoms with Crippen LogP contribution in [0.15, 0.2) is 43.0 Å². The number of hydrogen-bond acceptors (Lipinski definition) is 0. The first-order valence-electron chi connectivity index (χ1n) is 4.17. The zero-order valence-electron chi connectivity index (χ0n) is 7.34. The van der Waals surface area contributed by atoms with Crippen LogP contribution in [-0.4, -0.2) is 6.69 Å². The zero-order chi connectivity index (χ0) is 9.73. The highest BCUT2D eigenvalue weighted by molar-refractivity contribution is 7.45. The summed E-state index contributed by atoms with van der Waals surface area (Å²) in [7, 11) is 0. The van der Waals surface area contributed by atoms with Crippen LogP contribution in [0.3, 0.4) is 0 Å². The Bertz CT molecular complexity index is 270. The molecule has 0 unspecified atom stereocenters. The van der Waals surface area contributed by atoms with Crippen LogP contribution >= 0.6 is 22.2 Å². The van der Waals surface area contributed by atoms with Gasteiger partial charge in [-0.2, -0.15) is 0 Å². The second kappa shape index (κ2) is 4.84. The number of benzene rings is 1. The summed E-state index contributed by atoms with van der Waals surface area (Å²) in [6.45, 7) is 1.54.